The molecule has 0 unspecified atom stereocenters. The third-order valence-corrected chi connectivity index (χ3v) is 9.14. The van der Waals surface area contributed by atoms with E-state index in [1.54, 1.807) is 12.1 Å². The lowest BCUT2D eigenvalue weighted by Gasteiger charge is -2.26. The monoisotopic (exact) mass is 727 g/mol. The van der Waals surface area contributed by atoms with Gasteiger partial charge in [-0.05, 0) is 43.2 Å². The van der Waals surface area contributed by atoms with Crippen molar-refractivity contribution in [3.8, 4) is 11.8 Å². The lowest BCUT2D eigenvalue weighted by molar-refractivity contribution is -0.114. The van der Waals surface area contributed by atoms with Crippen LogP contribution in [0.1, 0.15) is 130 Å². The van der Waals surface area contributed by atoms with E-state index < -0.39 is 5.41 Å². The molecule has 1 aromatic heterocycles. The van der Waals surface area contributed by atoms with E-state index in [0.717, 1.165) is 31.6 Å². The maximum atomic E-state index is 12.4. The molecule has 0 fully saturated rings. The molecule has 8 nitrogen and oxygen atoms in total. The highest BCUT2D eigenvalue weighted by molar-refractivity contribution is 6.40. The SMILES string of the molecule is CCCCCCCCN(CCCCCCCC)c1ccc(N=Nc2c(C#N)c(C(C)(C)C)nn2-c2c(Cl)cc(Cl)cc2Cl)c(NC(C)=O)c1. The van der Waals surface area contributed by atoms with Crippen LogP contribution in [-0.2, 0) is 10.2 Å². The Morgan fingerprint density at radius 2 is 1.43 bits per heavy atom. The number of aromatic nitrogens is 2. The Hall–Kier alpha value is -3.12. The number of hydrogen-bond donors (Lipinski definition) is 1. The normalized spacial score (nSPS) is 11.7. The van der Waals surface area contributed by atoms with Gasteiger partial charge < -0.3 is 10.2 Å². The van der Waals surface area contributed by atoms with Crippen LogP contribution in [0.5, 0.6) is 0 Å². The van der Waals surface area contributed by atoms with Crippen molar-refractivity contribution in [1.82, 2.24) is 9.78 Å². The van der Waals surface area contributed by atoms with Crippen molar-refractivity contribution in [2.75, 3.05) is 23.3 Å². The number of rotatable bonds is 19. The van der Waals surface area contributed by atoms with Crippen LogP contribution in [0.25, 0.3) is 5.69 Å². The standard InChI is InChI=1S/C38H52Cl3N7O/c1-7-9-11-13-15-17-21-47(22-18-16-14-12-10-8-2)29-19-20-33(34(25-29)43-27(3)49)44-45-37-30(26-42)36(38(4,5)6)46-48(37)35-31(40)23-28(39)24-32(35)41/h19-20,23-25H,7-18,21-22H2,1-6H3,(H,43,49). The number of nitrogens with one attached hydrogen (secondary N) is 1. The van der Waals surface area contributed by atoms with Gasteiger partial charge in [0.1, 0.15) is 23.0 Å². The van der Waals surface area contributed by atoms with Crippen LogP contribution >= 0.6 is 34.8 Å². The number of carbonyl (C=O) groups is 1. The summed E-state index contributed by atoms with van der Waals surface area (Å²) >= 11 is 19.4. The molecule has 11 heteroatoms. The van der Waals surface area contributed by atoms with Crippen molar-refractivity contribution >= 4 is 63.6 Å². The Kier molecular flexibility index (Phi) is 16.4. The molecular formula is C38H52Cl3N7O. The van der Waals surface area contributed by atoms with E-state index in [0.29, 0.717) is 27.8 Å². The fraction of sp³-hybridized carbons (Fsp3) is 0.553. The molecule has 1 heterocycles. The molecule has 266 valence electrons. The molecule has 1 amide bonds. The number of unbranched alkanes of at least 4 members (excludes halogenated alkanes) is 10. The van der Waals surface area contributed by atoms with E-state index in [9.17, 15) is 10.1 Å². The summed E-state index contributed by atoms with van der Waals surface area (Å²) < 4.78 is 1.44. The zero-order chi connectivity index (χ0) is 36.0. The number of azo groups is 1. The molecule has 2 aromatic carbocycles. The van der Waals surface area contributed by atoms with Crippen LogP contribution in [0.3, 0.4) is 0 Å². The average molecular weight is 729 g/mol. The number of nitriles is 1. The third-order valence-electron chi connectivity index (χ3n) is 8.35. The fourth-order valence-corrected chi connectivity index (χ4v) is 6.73. The Bertz CT molecular complexity index is 1560. The highest BCUT2D eigenvalue weighted by Gasteiger charge is 2.29. The van der Waals surface area contributed by atoms with Gasteiger partial charge in [-0.15, -0.1) is 10.2 Å². The first kappa shape index (κ1) is 40.3. The summed E-state index contributed by atoms with van der Waals surface area (Å²) in [6, 6.07) is 11.2. The molecule has 0 spiro atoms. The maximum absolute atomic E-state index is 12.4. The Balaban J connectivity index is 2.02. The number of benzene rings is 2. The summed E-state index contributed by atoms with van der Waals surface area (Å²) in [5.74, 6) is -0.0475. The maximum Gasteiger partial charge on any atom is 0.221 e. The highest BCUT2D eigenvalue weighted by Crippen LogP contribution is 2.40. The topological polar surface area (TPSA) is 98.7 Å². The summed E-state index contributed by atoms with van der Waals surface area (Å²) in [6.45, 7) is 13.7. The van der Waals surface area contributed by atoms with Gasteiger partial charge in [0.15, 0.2) is 5.82 Å². The van der Waals surface area contributed by atoms with Crippen LogP contribution in [0.15, 0.2) is 40.6 Å². The van der Waals surface area contributed by atoms with E-state index in [4.69, 9.17) is 39.9 Å². The predicted molar refractivity (Wildman–Crippen MR) is 206 cm³/mol. The van der Waals surface area contributed by atoms with Crippen molar-refractivity contribution in [3.05, 3.63) is 56.7 Å². The minimum atomic E-state index is -0.496. The molecule has 0 aliphatic carbocycles. The lowest BCUT2D eigenvalue weighted by Crippen LogP contribution is -2.26. The molecule has 0 aliphatic rings. The van der Waals surface area contributed by atoms with Gasteiger partial charge in [-0.3, -0.25) is 4.79 Å². The Morgan fingerprint density at radius 3 is 1.94 bits per heavy atom. The lowest BCUT2D eigenvalue weighted by atomic mass is 9.90. The van der Waals surface area contributed by atoms with Gasteiger partial charge in [0, 0.05) is 36.1 Å². The smallest absolute Gasteiger partial charge is 0.221 e. The minimum Gasteiger partial charge on any atom is -0.371 e. The second kappa shape index (κ2) is 19.9. The number of amides is 1. The molecule has 1 N–H and O–H groups in total. The van der Waals surface area contributed by atoms with E-state index in [2.05, 4.69) is 40.4 Å². The van der Waals surface area contributed by atoms with E-state index in [1.165, 1.54) is 75.8 Å². The van der Waals surface area contributed by atoms with Crippen LogP contribution in [0.4, 0.5) is 22.9 Å². The number of halogens is 3. The number of nitrogens with zero attached hydrogens (tertiary/aromatic N) is 6. The second-order valence-corrected chi connectivity index (χ2v) is 14.9. The molecule has 0 bridgehead atoms. The number of carbonyl (C=O) groups excluding carboxylic acids is 1. The average Bonchev–Trinajstić information content (AvgIpc) is 3.40. The quantitative estimate of drug-likeness (QED) is 0.0981. The van der Waals surface area contributed by atoms with Crippen molar-refractivity contribution in [1.29, 1.82) is 5.26 Å². The molecule has 0 atom stereocenters. The minimum absolute atomic E-state index is 0.171. The first-order valence-electron chi connectivity index (χ1n) is 17.7. The summed E-state index contributed by atoms with van der Waals surface area (Å²) in [6.07, 6.45) is 14.7. The van der Waals surface area contributed by atoms with E-state index in [-0.39, 0.29) is 27.3 Å². The first-order chi connectivity index (χ1) is 23.4. The summed E-state index contributed by atoms with van der Waals surface area (Å²) in [7, 11) is 0. The molecule has 0 saturated carbocycles. The molecule has 49 heavy (non-hydrogen) atoms. The zero-order valence-corrected chi connectivity index (χ0v) is 32.3. The Morgan fingerprint density at radius 1 is 0.878 bits per heavy atom. The zero-order valence-electron chi connectivity index (χ0n) is 30.0. The molecule has 0 radical (unpaired) electrons. The van der Waals surface area contributed by atoms with E-state index >= 15 is 0 Å². The highest BCUT2D eigenvalue weighted by atomic mass is 35.5. The molecule has 0 aliphatic heterocycles. The van der Waals surface area contributed by atoms with Crippen molar-refractivity contribution in [3.63, 3.8) is 0 Å². The number of hydrogen-bond acceptors (Lipinski definition) is 6. The van der Waals surface area contributed by atoms with Gasteiger partial charge in [-0.2, -0.15) is 10.4 Å². The van der Waals surface area contributed by atoms with Crippen molar-refractivity contribution < 1.29 is 4.79 Å². The van der Waals surface area contributed by atoms with Gasteiger partial charge in [0.25, 0.3) is 0 Å². The first-order valence-corrected chi connectivity index (χ1v) is 18.8. The van der Waals surface area contributed by atoms with Gasteiger partial charge in [0.2, 0.25) is 5.91 Å². The molecule has 0 saturated heterocycles. The second-order valence-electron chi connectivity index (χ2n) is 13.6. The fourth-order valence-electron chi connectivity index (χ4n) is 5.76. The van der Waals surface area contributed by atoms with Crippen LogP contribution in [0, 0.1) is 11.3 Å². The van der Waals surface area contributed by atoms with Crippen molar-refractivity contribution in [2.24, 2.45) is 10.2 Å². The third kappa shape index (κ3) is 12.0. The largest absolute Gasteiger partial charge is 0.371 e. The molecular weight excluding hydrogens is 677 g/mol. The molecule has 3 rings (SSSR count). The van der Waals surface area contributed by atoms with Crippen LogP contribution in [0.2, 0.25) is 15.1 Å². The summed E-state index contributed by atoms with van der Waals surface area (Å²) in [5, 5.41) is 28.0. The predicted octanol–water partition coefficient (Wildman–Crippen LogP) is 12.9. The van der Waals surface area contributed by atoms with E-state index in [1.807, 2.05) is 39.0 Å². The van der Waals surface area contributed by atoms with Gasteiger partial charge in [-0.1, -0.05) is 134 Å². The molecule has 3 aromatic rings. The van der Waals surface area contributed by atoms with Gasteiger partial charge in [-0.25, -0.2) is 4.68 Å². The van der Waals surface area contributed by atoms with Gasteiger partial charge >= 0.3 is 0 Å². The van der Waals surface area contributed by atoms with Crippen LogP contribution in [-0.4, -0.2) is 28.8 Å². The Labute approximate surface area is 308 Å². The van der Waals surface area contributed by atoms with Crippen molar-refractivity contribution in [2.45, 2.75) is 124 Å². The summed E-state index contributed by atoms with van der Waals surface area (Å²) in [5.41, 5.74) is 2.62. The van der Waals surface area contributed by atoms with Crippen LogP contribution < -0.4 is 10.2 Å². The number of anilines is 2. The van der Waals surface area contributed by atoms with Gasteiger partial charge in [0.05, 0.1) is 21.4 Å². The summed E-state index contributed by atoms with van der Waals surface area (Å²) in [4.78, 5) is 14.8.